The number of nitrogens with one attached hydrogen (secondary N) is 2. The Bertz CT molecular complexity index is 379. The van der Waals surface area contributed by atoms with E-state index >= 15 is 0 Å². The molecule has 0 unspecified atom stereocenters. The maximum atomic E-state index is 4.20. The molecule has 0 radical (unpaired) electrons. The molecule has 0 bridgehead atoms. The van der Waals surface area contributed by atoms with E-state index in [0.29, 0.717) is 0 Å². The molecule has 0 aromatic carbocycles. The first-order valence-electron chi connectivity index (χ1n) is 4.48. The molecule has 2 aromatic rings. The summed E-state index contributed by atoms with van der Waals surface area (Å²) in [5, 5.41) is 6.35. The normalized spacial score (nSPS) is 10.4. The molecule has 0 atom stereocenters. The summed E-state index contributed by atoms with van der Waals surface area (Å²) in [5.41, 5.74) is 1.07. The standard InChI is InChI=1S/C9H12N4S/c1-7-6-12-9(13-7)11-3-2-8-10-4-5-14-8/h4-6H,2-3H2,1H3,(H2,11,12,13). The lowest BCUT2D eigenvalue weighted by Crippen LogP contribution is -2.05. The summed E-state index contributed by atoms with van der Waals surface area (Å²) in [6, 6.07) is 0. The predicted molar refractivity (Wildman–Crippen MR) is 57.6 cm³/mol. The molecule has 74 valence electrons. The first-order valence-corrected chi connectivity index (χ1v) is 5.36. The Hall–Kier alpha value is -1.36. The molecular weight excluding hydrogens is 196 g/mol. The van der Waals surface area contributed by atoms with Gasteiger partial charge < -0.3 is 10.3 Å². The molecule has 4 nitrogen and oxygen atoms in total. The number of thiazole rings is 1. The minimum atomic E-state index is 0.832. The Labute approximate surface area is 86.4 Å². The molecule has 0 spiro atoms. The topological polar surface area (TPSA) is 53.6 Å². The van der Waals surface area contributed by atoms with Crippen molar-refractivity contribution in [3.05, 3.63) is 28.5 Å². The first kappa shape index (κ1) is 9.21. The number of anilines is 1. The Kier molecular flexibility index (Phi) is 2.78. The fraction of sp³-hybridized carbons (Fsp3) is 0.333. The van der Waals surface area contributed by atoms with Crippen LogP contribution >= 0.6 is 11.3 Å². The van der Waals surface area contributed by atoms with Crippen molar-refractivity contribution in [1.82, 2.24) is 15.0 Å². The predicted octanol–water partition coefficient (Wildman–Crippen LogP) is 1.83. The van der Waals surface area contributed by atoms with Gasteiger partial charge in [-0.25, -0.2) is 9.97 Å². The zero-order valence-corrected chi connectivity index (χ0v) is 8.77. The van der Waals surface area contributed by atoms with Gasteiger partial charge in [-0.05, 0) is 6.92 Å². The molecule has 5 heteroatoms. The molecule has 0 aliphatic carbocycles. The Balaban J connectivity index is 1.78. The van der Waals surface area contributed by atoms with Gasteiger partial charge in [-0.2, -0.15) is 0 Å². The second-order valence-corrected chi connectivity index (χ2v) is 4.00. The van der Waals surface area contributed by atoms with Gasteiger partial charge in [0.05, 0.1) is 5.01 Å². The van der Waals surface area contributed by atoms with Gasteiger partial charge in [0.1, 0.15) is 0 Å². The van der Waals surface area contributed by atoms with Crippen molar-refractivity contribution in [2.24, 2.45) is 0 Å². The molecule has 2 N–H and O–H groups in total. The van der Waals surface area contributed by atoms with Crippen molar-refractivity contribution in [2.45, 2.75) is 13.3 Å². The average Bonchev–Trinajstić information content (AvgIpc) is 2.77. The molecule has 14 heavy (non-hydrogen) atoms. The van der Waals surface area contributed by atoms with E-state index in [-0.39, 0.29) is 0 Å². The van der Waals surface area contributed by atoms with E-state index < -0.39 is 0 Å². The number of aromatic nitrogens is 3. The van der Waals surface area contributed by atoms with Gasteiger partial charge in [-0.1, -0.05) is 0 Å². The van der Waals surface area contributed by atoms with Crippen molar-refractivity contribution in [2.75, 3.05) is 11.9 Å². The minimum Gasteiger partial charge on any atom is -0.355 e. The van der Waals surface area contributed by atoms with Crippen LogP contribution in [0.2, 0.25) is 0 Å². The van der Waals surface area contributed by atoms with E-state index in [1.807, 2.05) is 24.7 Å². The number of rotatable bonds is 4. The number of aryl methyl sites for hydroxylation is 1. The highest BCUT2D eigenvalue weighted by molar-refractivity contribution is 7.09. The summed E-state index contributed by atoms with van der Waals surface area (Å²) in [6.45, 7) is 2.85. The van der Waals surface area contributed by atoms with Gasteiger partial charge in [0, 0.05) is 36.4 Å². The summed E-state index contributed by atoms with van der Waals surface area (Å²) in [6.07, 6.45) is 4.58. The zero-order valence-electron chi connectivity index (χ0n) is 7.95. The van der Waals surface area contributed by atoms with Gasteiger partial charge >= 0.3 is 0 Å². The SMILES string of the molecule is Cc1cnc(NCCc2nccs2)[nH]1. The van der Waals surface area contributed by atoms with Crippen molar-refractivity contribution in [1.29, 1.82) is 0 Å². The summed E-state index contributed by atoms with van der Waals surface area (Å²) in [5.74, 6) is 0.832. The third-order valence-corrected chi connectivity index (χ3v) is 2.66. The van der Waals surface area contributed by atoms with Gasteiger partial charge in [0.2, 0.25) is 0 Å². The highest BCUT2D eigenvalue weighted by atomic mass is 32.1. The fourth-order valence-corrected chi connectivity index (χ4v) is 1.79. The Morgan fingerprint density at radius 3 is 3.07 bits per heavy atom. The average molecular weight is 208 g/mol. The van der Waals surface area contributed by atoms with E-state index in [1.165, 1.54) is 0 Å². The number of nitrogens with zero attached hydrogens (tertiary/aromatic N) is 2. The molecule has 2 heterocycles. The second kappa shape index (κ2) is 4.23. The molecule has 2 rings (SSSR count). The van der Waals surface area contributed by atoms with E-state index in [9.17, 15) is 0 Å². The van der Waals surface area contributed by atoms with Crippen LogP contribution in [0.25, 0.3) is 0 Å². The lowest BCUT2D eigenvalue weighted by Gasteiger charge is -1.99. The third-order valence-electron chi connectivity index (χ3n) is 1.82. The highest BCUT2D eigenvalue weighted by Gasteiger charge is 1.97. The Morgan fingerprint density at radius 1 is 1.50 bits per heavy atom. The number of aromatic amines is 1. The van der Waals surface area contributed by atoms with Crippen LogP contribution in [0.3, 0.4) is 0 Å². The van der Waals surface area contributed by atoms with Crippen LogP contribution in [-0.4, -0.2) is 21.5 Å². The quantitative estimate of drug-likeness (QED) is 0.806. The lowest BCUT2D eigenvalue weighted by atomic mass is 10.4. The lowest BCUT2D eigenvalue weighted by molar-refractivity contribution is 0.979. The van der Waals surface area contributed by atoms with E-state index in [2.05, 4.69) is 20.3 Å². The van der Waals surface area contributed by atoms with Crippen molar-refractivity contribution < 1.29 is 0 Å². The maximum Gasteiger partial charge on any atom is 0.200 e. The molecule has 0 aliphatic heterocycles. The molecule has 0 saturated carbocycles. The van der Waals surface area contributed by atoms with Crippen LogP contribution in [0.4, 0.5) is 5.95 Å². The van der Waals surface area contributed by atoms with Crippen LogP contribution < -0.4 is 5.32 Å². The number of hydrogen-bond donors (Lipinski definition) is 2. The van der Waals surface area contributed by atoms with Crippen LogP contribution in [-0.2, 0) is 6.42 Å². The summed E-state index contributed by atoms with van der Waals surface area (Å²) < 4.78 is 0. The molecular formula is C9H12N4S. The summed E-state index contributed by atoms with van der Waals surface area (Å²) >= 11 is 1.68. The second-order valence-electron chi connectivity index (χ2n) is 3.02. The monoisotopic (exact) mass is 208 g/mol. The van der Waals surface area contributed by atoms with Crippen molar-refractivity contribution >= 4 is 17.3 Å². The Morgan fingerprint density at radius 2 is 2.43 bits per heavy atom. The van der Waals surface area contributed by atoms with Crippen LogP contribution in [0, 0.1) is 6.92 Å². The van der Waals surface area contributed by atoms with Crippen LogP contribution in [0.5, 0.6) is 0 Å². The molecule has 0 amide bonds. The summed E-state index contributed by atoms with van der Waals surface area (Å²) in [4.78, 5) is 11.5. The van der Waals surface area contributed by atoms with Crippen LogP contribution in [0.1, 0.15) is 10.7 Å². The zero-order chi connectivity index (χ0) is 9.80. The van der Waals surface area contributed by atoms with E-state index in [4.69, 9.17) is 0 Å². The molecule has 0 fully saturated rings. The highest BCUT2D eigenvalue weighted by Crippen LogP contribution is 2.05. The largest absolute Gasteiger partial charge is 0.355 e. The first-order chi connectivity index (χ1) is 6.84. The van der Waals surface area contributed by atoms with Gasteiger partial charge in [-0.3, -0.25) is 0 Å². The van der Waals surface area contributed by atoms with Gasteiger partial charge in [-0.15, -0.1) is 11.3 Å². The molecule has 0 saturated heterocycles. The van der Waals surface area contributed by atoms with Crippen LogP contribution in [0.15, 0.2) is 17.8 Å². The maximum absolute atomic E-state index is 4.20. The van der Waals surface area contributed by atoms with E-state index in [1.54, 1.807) is 11.3 Å². The number of hydrogen-bond acceptors (Lipinski definition) is 4. The molecule has 2 aromatic heterocycles. The van der Waals surface area contributed by atoms with Gasteiger partial charge in [0.25, 0.3) is 0 Å². The van der Waals surface area contributed by atoms with E-state index in [0.717, 1.165) is 29.6 Å². The third kappa shape index (κ3) is 2.32. The molecule has 0 aliphatic rings. The smallest absolute Gasteiger partial charge is 0.200 e. The summed E-state index contributed by atoms with van der Waals surface area (Å²) in [7, 11) is 0. The van der Waals surface area contributed by atoms with Crippen molar-refractivity contribution in [3.63, 3.8) is 0 Å². The number of imidazole rings is 1. The van der Waals surface area contributed by atoms with Gasteiger partial charge in [0.15, 0.2) is 5.95 Å². The number of H-pyrrole nitrogens is 1. The van der Waals surface area contributed by atoms with Crippen molar-refractivity contribution in [3.8, 4) is 0 Å². The minimum absolute atomic E-state index is 0.832. The fourth-order valence-electron chi connectivity index (χ4n) is 1.17.